The second-order valence-electron chi connectivity index (χ2n) is 4.64. The van der Waals surface area contributed by atoms with Crippen molar-refractivity contribution in [3.8, 4) is 0 Å². The average Bonchev–Trinajstić information content (AvgIpc) is 2.99. The topological polar surface area (TPSA) is 56.0 Å². The Morgan fingerprint density at radius 3 is 3.10 bits per heavy atom. The van der Waals surface area contributed by atoms with Gasteiger partial charge in [-0.25, -0.2) is 0 Å². The van der Waals surface area contributed by atoms with Crippen LogP contribution in [0.25, 0.3) is 15.9 Å². The van der Waals surface area contributed by atoms with E-state index in [0.29, 0.717) is 0 Å². The van der Waals surface area contributed by atoms with Gasteiger partial charge in [0.1, 0.15) is 5.01 Å². The van der Waals surface area contributed by atoms with Gasteiger partial charge in [-0.1, -0.05) is 23.5 Å². The van der Waals surface area contributed by atoms with Crippen molar-refractivity contribution < 1.29 is 0 Å². The maximum atomic E-state index is 4.43. The van der Waals surface area contributed by atoms with E-state index >= 15 is 0 Å². The monoisotopic (exact) mass is 281 g/mol. The van der Waals surface area contributed by atoms with Crippen LogP contribution in [0.4, 0.5) is 0 Å². The van der Waals surface area contributed by atoms with Crippen LogP contribution in [0.15, 0.2) is 36.5 Å². The number of rotatable bonds is 2. The highest BCUT2D eigenvalue weighted by Gasteiger charge is 2.10. The zero-order valence-corrected chi connectivity index (χ0v) is 11.6. The molecule has 0 bridgehead atoms. The maximum Gasteiger partial charge on any atom is 0.234 e. The largest absolute Gasteiger partial charge is 0.256 e. The maximum absolute atomic E-state index is 4.43. The number of nitrogens with zero attached hydrogens (tertiary/aromatic N) is 5. The van der Waals surface area contributed by atoms with E-state index in [-0.39, 0.29) is 0 Å². The van der Waals surface area contributed by atoms with Gasteiger partial charge in [0.2, 0.25) is 4.96 Å². The summed E-state index contributed by atoms with van der Waals surface area (Å²) in [4.78, 5) is 5.18. The number of pyridine rings is 1. The Morgan fingerprint density at radius 1 is 1.20 bits per heavy atom. The third kappa shape index (κ3) is 1.85. The summed E-state index contributed by atoms with van der Waals surface area (Å²) in [7, 11) is 0. The lowest BCUT2D eigenvalue weighted by atomic mass is 10.1. The van der Waals surface area contributed by atoms with Crippen molar-refractivity contribution in [3.05, 3.63) is 52.9 Å². The van der Waals surface area contributed by atoms with E-state index in [9.17, 15) is 0 Å². The van der Waals surface area contributed by atoms with E-state index in [4.69, 9.17) is 0 Å². The zero-order valence-electron chi connectivity index (χ0n) is 10.8. The van der Waals surface area contributed by atoms with Crippen LogP contribution in [0.1, 0.15) is 16.4 Å². The number of fused-ring (bicyclic) bond motifs is 2. The molecule has 6 heteroatoms. The van der Waals surface area contributed by atoms with Crippen molar-refractivity contribution in [2.45, 2.75) is 13.3 Å². The first-order chi connectivity index (χ1) is 9.79. The third-order valence-corrected chi connectivity index (χ3v) is 4.00. The normalized spacial score (nSPS) is 11.4. The highest BCUT2D eigenvalue weighted by molar-refractivity contribution is 7.16. The lowest BCUT2D eigenvalue weighted by Gasteiger charge is -2.01. The predicted octanol–water partition coefficient (Wildman–Crippen LogP) is 2.63. The zero-order chi connectivity index (χ0) is 13.5. The van der Waals surface area contributed by atoms with E-state index in [0.717, 1.165) is 33.1 Å². The van der Waals surface area contributed by atoms with Gasteiger partial charge in [0.15, 0.2) is 5.82 Å². The molecule has 1 aromatic carbocycles. The molecule has 0 aliphatic rings. The molecule has 0 aliphatic carbocycles. The van der Waals surface area contributed by atoms with Crippen LogP contribution in [0.5, 0.6) is 0 Å². The van der Waals surface area contributed by atoms with Gasteiger partial charge in [0.25, 0.3) is 0 Å². The molecule has 0 saturated heterocycles. The standard InChI is InChI=1S/C14H11N5S/c1-9-18-19-13(16-17-14(19)20-9)8-10-4-5-12-11(7-10)3-2-6-15-12/h2-7H,8H2,1H3. The van der Waals surface area contributed by atoms with Crippen molar-refractivity contribution in [1.82, 2.24) is 24.8 Å². The van der Waals surface area contributed by atoms with Gasteiger partial charge in [-0.3, -0.25) is 4.98 Å². The van der Waals surface area contributed by atoms with Crippen LogP contribution in [0, 0.1) is 6.92 Å². The van der Waals surface area contributed by atoms with Gasteiger partial charge in [0.05, 0.1) is 5.52 Å². The fourth-order valence-electron chi connectivity index (χ4n) is 2.28. The second kappa shape index (κ2) is 4.35. The van der Waals surface area contributed by atoms with E-state index < -0.39 is 0 Å². The Labute approximate surface area is 118 Å². The molecule has 3 aromatic heterocycles. The summed E-state index contributed by atoms with van der Waals surface area (Å²) < 4.78 is 1.83. The lowest BCUT2D eigenvalue weighted by molar-refractivity contribution is 0.840. The van der Waals surface area contributed by atoms with Gasteiger partial charge in [-0.2, -0.15) is 9.61 Å². The van der Waals surface area contributed by atoms with Gasteiger partial charge in [-0.05, 0) is 30.7 Å². The highest BCUT2D eigenvalue weighted by Crippen LogP contribution is 2.18. The fraction of sp³-hybridized carbons (Fsp3) is 0.143. The SMILES string of the molecule is Cc1nn2c(Cc3ccc4ncccc4c3)nnc2s1. The molecule has 98 valence electrons. The van der Waals surface area contributed by atoms with Gasteiger partial charge >= 0.3 is 0 Å². The summed E-state index contributed by atoms with van der Waals surface area (Å²) >= 11 is 1.55. The molecule has 0 atom stereocenters. The molecule has 0 spiro atoms. The van der Waals surface area contributed by atoms with Crippen molar-refractivity contribution in [3.63, 3.8) is 0 Å². The molecule has 4 rings (SSSR count). The Morgan fingerprint density at radius 2 is 2.15 bits per heavy atom. The Balaban J connectivity index is 1.76. The molecule has 20 heavy (non-hydrogen) atoms. The van der Waals surface area contributed by atoms with E-state index in [1.165, 1.54) is 5.56 Å². The smallest absolute Gasteiger partial charge is 0.234 e. The number of benzene rings is 1. The third-order valence-electron chi connectivity index (χ3n) is 3.19. The summed E-state index contributed by atoms with van der Waals surface area (Å²) in [6.45, 7) is 1.98. The second-order valence-corrected chi connectivity index (χ2v) is 5.80. The summed E-state index contributed by atoms with van der Waals surface area (Å²) in [5, 5.41) is 14.9. The molecule has 4 aromatic rings. The molecule has 3 heterocycles. The minimum atomic E-state index is 0.717. The molecular formula is C14H11N5S. The molecule has 0 radical (unpaired) electrons. The fourth-order valence-corrected chi connectivity index (χ4v) is 2.98. The first-order valence-electron chi connectivity index (χ1n) is 6.31. The first kappa shape index (κ1) is 11.5. The Bertz CT molecular complexity index is 908. The van der Waals surface area contributed by atoms with E-state index in [2.05, 4.69) is 38.5 Å². The minimum Gasteiger partial charge on any atom is -0.256 e. The molecule has 0 N–H and O–H groups in total. The summed E-state index contributed by atoms with van der Waals surface area (Å²) in [6, 6.07) is 10.3. The van der Waals surface area contributed by atoms with Gasteiger partial charge in [-0.15, -0.1) is 10.2 Å². The van der Waals surface area contributed by atoms with Crippen molar-refractivity contribution in [2.24, 2.45) is 0 Å². The van der Waals surface area contributed by atoms with Crippen LogP contribution in [-0.2, 0) is 6.42 Å². The van der Waals surface area contributed by atoms with Crippen LogP contribution in [0.2, 0.25) is 0 Å². The van der Waals surface area contributed by atoms with Crippen molar-refractivity contribution >= 4 is 27.2 Å². The van der Waals surface area contributed by atoms with Crippen LogP contribution in [0.3, 0.4) is 0 Å². The van der Waals surface area contributed by atoms with E-state index in [1.54, 1.807) is 11.3 Å². The molecule has 0 amide bonds. The average molecular weight is 281 g/mol. The summed E-state index contributed by atoms with van der Waals surface area (Å²) in [5.41, 5.74) is 2.19. The van der Waals surface area contributed by atoms with Gasteiger partial charge < -0.3 is 0 Å². The molecule has 0 fully saturated rings. The molecule has 0 saturated carbocycles. The summed E-state index contributed by atoms with van der Waals surface area (Å²) in [5.74, 6) is 0.868. The number of aromatic nitrogens is 5. The first-order valence-corrected chi connectivity index (χ1v) is 7.13. The molecule has 0 aliphatic heterocycles. The number of hydrogen-bond donors (Lipinski definition) is 0. The van der Waals surface area contributed by atoms with Crippen LogP contribution >= 0.6 is 11.3 Å². The predicted molar refractivity (Wildman–Crippen MR) is 77.9 cm³/mol. The number of aryl methyl sites for hydroxylation is 1. The quantitative estimate of drug-likeness (QED) is 0.567. The van der Waals surface area contributed by atoms with Crippen molar-refractivity contribution in [2.75, 3.05) is 0 Å². The van der Waals surface area contributed by atoms with Crippen LogP contribution < -0.4 is 0 Å². The van der Waals surface area contributed by atoms with E-state index in [1.807, 2.05) is 29.8 Å². The molecule has 5 nitrogen and oxygen atoms in total. The van der Waals surface area contributed by atoms with Gasteiger partial charge in [0, 0.05) is 18.0 Å². The molecular weight excluding hydrogens is 270 g/mol. The summed E-state index contributed by atoms with van der Waals surface area (Å²) in [6.07, 6.45) is 2.53. The highest BCUT2D eigenvalue weighted by atomic mass is 32.1. The van der Waals surface area contributed by atoms with Crippen LogP contribution in [-0.4, -0.2) is 24.8 Å². The number of hydrogen-bond acceptors (Lipinski definition) is 5. The Hall–Kier alpha value is -2.34. The lowest BCUT2D eigenvalue weighted by Crippen LogP contribution is -1.97. The Kier molecular flexibility index (Phi) is 2.50. The molecule has 0 unspecified atom stereocenters. The van der Waals surface area contributed by atoms with Crippen molar-refractivity contribution in [1.29, 1.82) is 0 Å². The minimum absolute atomic E-state index is 0.717.